The van der Waals surface area contributed by atoms with Crippen molar-refractivity contribution < 1.29 is 27.1 Å². The molecular formula is C17H11F4N3O3. The van der Waals surface area contributed by atoms with Crippen molar-refractivity contribution >= 4 is 11.6 Å². The number of anilines is 1. The van der Waals surface area contributed by atoms with E-state index < -0.39 is 40.3 Å². The van der Waals surface area contributed by atoms with Crippen LogP contribution in [0.25, 0.3) is 5.69 Å². The van der Waals surface area contributed by atoms with Gasteiger partial charge in [0.15, 0.2) is 12.4 Å². The van der Waals surface area contributed by atoms with Crippen LogP contribution in [0, 0.1) is 25.1 Å². The Morgan fingerprint density at radius 1 is 1.30 bits per heavy atom. The number of fused-ring (bicyclic) bond motifs is 1. The zero-order valence-corrected chi connectivity index (χ0v) is 13.8. The zero-order valence-electron chi connectivity index (χ0n) is 13.8. The molecule has 2 aromatic rings. The van der Waals surface area contributed by atoms with Gasteiger partial charge in [0.2, 0.25) is 0 Å². The topological polar surface area (TPSA) is 64.4 Å². The number of carbonyl (C=O) groups is 1. The SMILES string of the molecule is C#CCN1C(=O)COc2cc(F)c(-n3ncc(C(F)(F)F)c(C)c3=O)cc21. The van der Waals surface area contributed by atoms with Crippen molar-refractivity contribution in [3.63, 3.8) is 0 Å². The molecule has 1 aliphatic rings. The van der Waals surface area contributed by atoms with Gasteiger partial charge in [0.25, 0.3) is 11.5 Å². The third kappa shape index (κ3) is 3.12. The zero-order chi connectivity index (χ0) is 19.9. The average molecular weight is 381 g/mol. The molecule has 3 rings (SSSR count). The van der Waals surface area contributed by atoms with E-state index in [0.29, 0.717) is 10.9 Å². The Balaban J connectivity index is 2.20. The molecule has 1 aliphatic heterocycles. The van der Waals surface area contributed by atoms with Gasteiger partial charge in [0, 0.05) is 11.6 Å². The van der Waals surface area contributed by atoms with E-state index in [1.54, 1.807) is 0 Å². The van der Waals surface area contributed by atoms with Crippen molar-refractivity contribution in [2.75, 3.05) is 18.1 Å². The van der Waals surface area contributed by atoms with E-state index in [1.807, 2.05) is 0 Å². The fraction of sp³-hybridized carbons (Fsp3) is 0.235. The maximum atomic E-state index is 14.5. The van der Waals surface area contributed by atoms with Crippen LogP contribution in [-0.2, 0) is 11.0 Å². The van der Waals surface area contributed by atoms with Gasteiger partial charge in [-0.15, -0.1) is 6.42 Å². The largest absolute Gasteiger partial charge is 0.481 e. The predicted octanol–water partition coefficient (Wildman–Crippen LogP) is 2.06. The Hall–Kier alpha value is -3.35. The second kappa shape index (κ2) is 6.42. The van der Waals surface area contributed by atoms with Crippen LogP contribution in [0.2, 0.25) is 0 Å². The van der Waals surface area contributed by atoms with Crippen LogP contribution in [0.15, 0.2) is 23.1 Å². The van der Waals surface area contributed by atoms with E-state index in [9.17, 15) is 27.2 Å². The number of alkyl halides is 3. The molecule has 0 N–H and O–H groups in total. The van der Waals surface area contributed by atoms with Crippen molar-refractivity contribution in [2.24, 2.45) is 0 Å². The second-order valence-electron chi connectivity index (χ2n) is 5.64. The van der Waals surface area contributed by atoms with E-state index >= 15 is 0 Å². The number of terminal acetylenes is 1. The summed E-state index contributed by atoms with van der Waals surface area (Å²) in [4.78, 5) is 25.4. The number of aromatic nitrogens is 2. The first-order valence-electron chi connectivity index (χ1n) is 7.51. The van der Waals surface area contributed by atoms with E-state index in [0.717, 1.165) is 24.0 Å². The predicted molar refractivity (Wildman–Crippen MR) is 86.2 cm³/mol. The maximum Gasteiger partial charge on any atom is 0.418 e. The molecule has 6 nitrogen and oxygen atoms in total. The van der Waals surface area contributed by atoms with Crippen molar-refractivity contribution in [1.82, 2.24) is 9.78 Å². The highest BCUT2D eigenvalue weighted by molar-refractivity contribution is 5.98. The highest BCUT2D eigenvalue weighted by Crippen LogP contribution is 2.35. The molecule has 27 heavy (non-hydrogen) atoms. The first-order valence-corrected chi connectivity index (χ1v) is 7.51. The first kappa shape index (κ1) is 18.4. The Morgan fingerprint density at radius 3 is 2.63 bits per heavy atom. The number of rotatable bonds is 2. The summed E-state index contributed by atoms with van der Waals surface area (Å²) in [6, 6.07) is 2.00. The lowest BCUT2D eigenvalue weighted by atomic mass is 10.1. The molecule has 0 saturated heterocycles. The lowest BCUT2D eigenvalue weighted by Gasteiger charge is -2.28. The van der Waals surface area contributed by atoms with Crippen LogP contribution in [0.5, 0.6) is 5.75 Å². The Bertz CT molecular complexity index is 1040. The van der Waals surface area contributed by atoms with Gasteiger partial charge in [0.1, 0.15) is 11.4 Å². The summed E-state index contributed by atoms with van der Waals surface area (Å²) in [5.41, 5.74) is -3.34. The van der Waals surface area contributed by atoms with Crippen LogP contribution in [0.1, 0.15) is 11.1 Å². The summed E-state index contributed by atoms with van der Waals surface area (Å²) in [7, 11) is 0. The maximum absolute atomic E-state index is 14.5. The fourth-order valence-corrected chi connectivity index (χ4v) is 2.63. The number of halogens is 4. The number of hydrogen-bond donors (Lipinski definition) is 0. The molecule has 0 fully saturated rings. The van der Waals surface area contributed by atoms with Crippen LogP contribution >= 0.6 is 0 Å². The first-order chi connectivity index (χ1) is 12.6. The summed E-state index contributed by atoms with van der Waals surface area (Å²) >= 11 is 0. The van der Waals surface area contributed by atoms with Gasteiger partial charge >= 0.3 is 6.18 Å². The number of hydrogen-bond acceptors (Lipinski definition) is 4. The number of amides is 1. The van der Waals surface area contributed by atoms with E-state index in [-0.39, 0.29) is 24.6 Å². The fourth-order valence-electron chi connectivity index (χ4n) is 2.63. The second-order valence-corrected chi connectivity index (χ2v) is 5.64. The van der Waals surface area contributed by atoms with Crippen LogP contribution in [0.4, 0.5) is 23.2 Å². The van der Waals surface area contributed by atoms with Gasteiger partial charge in [-0.1, -0.05) is 5.92 Å². The summed E-state index contributed by atoms with van der Waals surface area (Å²) in [6.07, 6.45) is 0.897. The molecule has 0 spiro atoms. The summed E-state index contributed by atoms with van der Waals surface area (Å²) < 4.78 is 58.8. The van der Waals surface area contributed by atoms with Crippen molar-refractivity contribution in [3.05, 3.63) is 45.6 Å². The molecule has 1 aromatic heterocycles. The van der Waals surface area contributed by atoms with Gasteiger partial charge in [0.05, 0.1) is 24.0 Å². The highest BCUT2D eigenvalue weighted by Gasteiger charge is 2.35. The molecule has 0 atom stereocenters. The van der Waals surface area contributed by atoms with Crippen LogP contribution in [-0.4, -0.2) is 28.8 Å². The monoisotopic (exact) mass is 381 g/mol. The third-order valence-corrected chi connectivity index (χ3v) is 3.97. The molecule has 140 valence electrons. The number of carbonyl (C=O) groups excluding carboxylic acids is 1. The summed E-state index contributed by atoms with van der Waals surface area (Å²) in [5, 5.41) is 3.44. The normalized spacial score (nSPS) is 13.8. The Kier molecular flexibility index (Phi) is 4.39. The van der Waals surface area contributed by atoms with Crippen molar-refractivity contribution in [1.29, 1.82) is 0 Å². The molecule has 1 aromatic carbocycles. The smallest absolute Gasteiger partial charge is 0.418 e. The van der Waals surface area contributed by atoms with E-state index in [1.165, 1.54) is 0 Å². The minimum absolute atomic E-state index is 0.0165. The molecule has 0 aliphatic carbocycles. The lowest BCUT2D eigenvalue weighted by Crippen LogP contribution is -2.39. The van der Waals surface area contributed by atoms with Crippen molar-refractivity contribution in [2.45, 2.75) is 13.1 Å². The molecule has 0 unspecified atom stereocenters. The lowest BCUT2D eigenvalue weighted by molar-refractivity contribution is -0.138. The molecule has 1 amide bonds. The Morgan fingerprint density at radius 2 is 2.00 bits per heavy atom. The van der Waals surface area contributed by atoms with E-state index in [4.69, 9.17) is 11.2 Å². The number of ether oxygens (including phenoxy) is 1. The summed E-state index contributed by atoms with van der Waals surface area (Å²) in [6.45, 7) is 0.497. The third-order valence-electron chi connectivity index (χ3n) is 3.97. The van der Waals surface area contributed by atoms with Gasteiger partial charge < -0.3 is 4.74 Å². The van der Waals surface area contributed by atoms with Crippen LogP contribution < -0.4 is 15.2 Å². The van der Waals surface area contributed by atoms with Crippen LogP contribution in [0.3, 0.4) is 0 Å². The average Bonchev–Trinajstić information content (AvgIpc) is 2.59. The Labute approximate surface area is 150 Å². The minimum atomic E-state index is -4.77. The van der Waals surface area contributed by atoms with Gasteiger partial charge in [-0.25, -0.2) is 4.39 Å². The van der Waals surface area contributed by atoms with Gasteiger partial charge in [-0.05, 0) is 13.0 Å². The van der Waals surface area contributed by atoms with Gasteiger partial charge in [-0.3, -0.25) is 14.5 Å². The number of benzene rings is 1. The van der Waals surface area contributed by atoms with Crippen molar-refractivity contribution in [3.8, 4) is 23.8 Å². The molecule has 0 saturated carbocycles. The molecule has 0 bridgehead atoms. The molecule has 10 heteroatoms. The minimum Gasteiger partial charge on any atom is -0.481 e. The van der Waals surface area contributed by atoms with E-state index in [2.05, 4.69) is 11.0 Å². The molecular weight excluding hydrogens is 370 g/mol. The molecule has 0 radical (unpaired) electrons. The quantitative estimate of drug-likeness (QED) is 0.590. The standard InChI is InChI=1S/C17H11F4N3O3/c1-3-4-23-13-6-12(11(18)5-14(13)27-8-15(23)25)24-16(26)9(2)10(7-22-24)17(19,20)21/h1,5-7H,4,8H2,2H3. The summed E-state index contributed by atoms with van der Waals surface area (Å²) in [5.74, 6) is 0.845. The number of nitrogens with zero attached hydrogens (tertiary/aromatic N) is 3. The highest BCUT2D eigenvalue weighted by atomic mass is 19.4. The molecule has 2 heterocycles. The van der Waals surface area contributed by atoms with Gasteiger partial charge in [-0.2, -0.15) is 23.0 Å².